The maximum atomic E-state index is 12.7. The number of nitrogens with zero attached hydrogens (tertiary/aromatic N) is 4. The van der Waals surface area contributed by atoms with E-state index in [1.807, 2.05) is 48.0 Å². The van der Waals surface area contributed by atoms with Crippen LogP contribution in [-0.4, -0.2) is 30.5 Å². The predicted molar refractivity (Wildman–Crippen MR) is 135 cm³/mol. The molecule has 0 saturated carbocycles. The van der Waals surface area contributed by atoms with Gasteiger partial charge >= 0.3 is 0 Å². The van der Waals surface area contributed by atoms with Crippen molar-refractivity contribution >= 4 is 53.8 Å². The molecule has 0 spiro atoms. The first-order chi connectivity index (χ1) is 15.1. The van der Waals surface area contributed by atoms with Gasteiger partial charge in [-0.05, 0) is 48.9 Å². The van der Waals surface area contributed by atoms with Crippen molar-refractivity contribution in [3.05, 3.63) is 89.6 Å². The quantitative estimate of drug-likeness (QED) is 0.324. The average molecular weight is 502 g/mol. The van der Waals surface area contributed by atoms with E-state index in [4.69, 9.17) is 11.6 Å². The van der Waals surface area contributed by atoms with Crippen molar-refractivity contribution in [1.82, 2.24) is 24.6 Å². The summed E-state index contributed by atoms with van der Waals surface area (Å²) < 4.78 is 1.99. The minimum Gasteiger partial charge on any atom is -0.307 e. The summed E-state index contributed by atoms with van der Waals surface area (Å²) in [4.78, 5) is 21.3. The molecule has 0 unspecified atom stereocenters. The molecule has 33 heavy (non-hydrogen) atoms. The molecular formula is C23H19Cl3N6O. The molecule has 0 aliphatic carbocycles. The number of benzene rings is 1. The van der Waals surface area contributed by atoms with Crippen molar-refractivity contribution in [2.45, 2.75) is 6.92 Å². The SMILES string of the molecule is Cc1ccnc(NC(=O)c2ccc(-c3cnc4ccc(-c5cn[nH]c5)cn34)cc2Cl)c1.Cl.Cl. The fraction of sp³-hybridized carbons (Fsp3) is 0.0435. The van der Waals surface area contributed by atoms with Gasteiger partial charge in [-0.25, -0.2) is 9.97 Å². The summed E-state index contributed by atoms with van der Waals surface area (Å²) in [6.07, 6.45) is 9.05. The van der Waals surface area contributed by atoms with Gasteiger partial charge in [0.1, 0.15) is 11.5 Å². The van der Waals surface area contributed by atoms with E-state index >= 15 is 0 Å². The highest BCUT2D eigenvalue weighted by Gasteiger charge is 2.14. The number of hydrogen-bond donors (Lipinski definition) is 2. The molecule has 0 aliphatic rings. The Bertz CT molecular complexity index is 1420. The Kier molecular flexibility index (Phi) is 7.38. The molecule has 4 heterocycles. The monoisotopic (exact) mass is 500 g/mol. The second-order valence-corrected chi connectivity index (χ2v) is 7.55. The zero-order chi connectivity index (χ0) is 21.4. The fourth-order valence-corrected chi connectivity index (χ4v) is 3.69. The van der Waals surface area contributed by atoms with Crippen LogP contribution in [0, 0.1) is 6.92 Å². The number of anilines is 1. The smallest absolute Gasteiger partial charge is 0.258 e. The largest absolute Gasteiger partial charge is 0.307 e. The molecule has 4 aromatic heterocycles. The van der Waals surface area contributed by atoms with Crippen molar-refractivity contribution in [3.63, 3.8) is 0 Å². The number of aryl methyl sites for hydroxylation is 1. The van der Waals surface area contributed by atoms with E-state index in [0.29, 0.717) is 16.4 Å². The van der Waals surface area contributed by atoms with Crippen molar-refractivity contribution in [2.75, 3.05) is 5.32 Å². The number of rotatable bonds is 4. The van der Waals surface area contributed by atoms with Gasteiger partial charge in [0, 0.05) is 35.3 Å². The molecule has 0 bridgehead atoms. The molecule has 0 saturated heterocycles. The highest BCUT2D eigenvalue weighted by atomic mass is 35.5. The number of hydrogen-bond acceptors (Lipinski definition) is 4. The molecule has 10 heteroatoms. The van der Waals surface area contributed by atoms with Gasteiger partial charge in [-0.2, -0.15) is 5.10 Å². The molecule has 1 amide bonds. The summed E-state index contributed by atoms with van der Waals surface area (Å²) in [7, 11) is 0. The number of aromatic amines is 1. The molecule has 0 atom stereocenters. The lowest BCUT2D eigenvalue weighted by molar-refractivity contribution is 0.102. The highest BCUT2D eigenvalue weighted by molar-refractivity contribution is 6.34. The van der Waals surface area contributed by atoms with Crippen LogP contribution in [0.5, 0.6) is 0 Å². The Morgan fingerprint density at radius 3 is 2.55 bits per heavy atom. The summed E-state index contributed by atoms with van der Waals surface area (Å²) in [5.41, 5.74) is 5.91. The molecule has 0 fully saturated rings. The van der Waals surface area contributed by atoms with Gasteiger partial charge in [-0.1, -0.05) is 17.7 Å². The van der Waals surface area contributed by atoms with Crippen molar-refractivity contribution in [3.8, 4) is 22.4 Å². The lowest BCUT2D eigenvalue weighted by atomic mass is 10.1. The Morgan fingerprint density at radius 1 is 1.00 bits per heavy atom. The highest BCUT2D eigenvalue weighted by Crippen LogP contribution is 2.28. The number of H-pyrrole nitrogens is 1. The van der Waals surface area contributed by atoms with Crippen LogP contribution >= 0.6 is 36.4 Å². The van der Waals surface area contributed by atoms with Crippen molar-refractivity contribution in [2.24, 2.45) is 0 Å². The number of pyridine rings is 2. The molecular weight excluding hydrogens is 483 g/mol. The number of amides is 1. The third kappa shape index (κ3) is 4.85. The van der Waals surface area contributed by atoms with E-state index in [1.54, 1.807) is 36.8 Å². The second kappa shape index (κ2) is 10.0. The van der Waals surface area contributed by atoms with Crippen LogP contribution in [0.25, 0.3) is 28.0 Å². The van der Waals surface area contributed by atoms with Gasteiger partial charge in [-0.15, -0.1) is 24.8 Å². The Hall–Kier alpha value is -3.39. The third-order valence-corrected chi connectivity index (χ3v) is 5.32. The molecule has 7 nitrogen and oxygen atoms in total. The first-order valence-corrected chi connectivity index (χ1v) is 9.96. The van der Waals surface area contributed by atoms with Gasteiger partial charge in [0.2, 0.25) is 0 Å². The summed E-state index contributed by atoms with van der Waals surface area (Å²) in [5, 5.41) is 9.97. The fourth-order valence-electron chi connectivity index (χ4n) is 3.42. The second-order valence-electron chi connectivity index (χ2n) is 7.14. The number of carbonyl (C=O) groups excluding carboxylic acids is 1. The molecule has 0 radical (unpaired) electrons. The van der Waals surface area contributed by atoms with Crippen LogP contribution in [0.4, 0.5) is 5.82 Å². The minimum absolute atomic E-state index is 0. The number of nitrogens with one attached hydrogen (secondary N) is 2. The maximum Gasteiger partial charge on any atom is 0.258 e. The number of halogens is 3. The zero-order valence-electron chi connectivity index (χ0n) is 17.3. The number of carbonyl (C=O) groups is 1. The third-order valence-electron chi connectivity index (χ3n) is 5.00. The van der Waals surface area contributed by atoms with Crippen LogP contribution in [0.2, 0.25) is 5.02 Å². The summed E-state index contributed by atoms with van der Waals surface area (Å²) in [6.45, 7) is 1.94. The van der Waals surface area contributed by atoms with Gasteiger partial charge in [0.05, 0.1) is 28.7 Å². The van der Waals surface area contributed by atoms with Gasteiger partial charge in [-0.3, -0.25) is 14.3 Å². The molecule has 168 valence electrons. The Morgan fingerprint density at radius 2 is 1.82 bits per heavy atom. The normalized spacial score (nSPS) is 10.4. The number of fused-ring (bicyclic) bond motifs is 1. The van der Waals surface area contributed by atoms with E-state index in [-0.39, 0.29) is 30.7 Å². The molecule has 1 aromatic carbocycles. The summed E-state index contributed by atoms with van der Waals surface area (Å²) in [5.74, 6) is 0.175. The summed E-state index contributed by atoms with van der Waals surface area (Å²) in [6, 6.07) is 13.0. The van der Waals surface area contributed by atoms with Crippen LogP contribution in [0.3, 0.4) is 0 Å². The minimum atomic E-state index is -0.310. The number of imidazole rings is 1. The van der Waals surface area contributed by atoms with Gasteiger partial charge < -0.3 is 5.32 Å². The topological polar surface area (TPSA) is 88.0 Å². The van der Waals surface area contributed by atoms with Crippen LogP contribution in [0.1, 0.15) is 15.9 Å². The Labute approximate surface area is 207 Å². The van der Waals surface area contributed by atoms with E-state index in [2.05, 4.69) is 25.5 Å². The van der Waals surface area contributed by atoms with Crippen LogP contribution < -0.4 is 5.32 Å². The van der Waals surface area contributed by atoms with E-state index < -0.39 is 0 Å². The molecule has 5 aromatic rings. The molecule has 0 aliphatic heterocycles. The zero-order valence-corrected chi connectivity index (χ0v) is 19.7. The maximum absolute atomic E-state index is 12.7. The van der Waals surface area contributed by atoms with Crippen LogP contribution in [0.15, 0.2) is 73.4 Å². The first kappa shape index (κ1) is 24.3. The van der Waals surface area contributed by atoms with E-state index in [0.717, 1.165) is 33.6 Å². The first-order valence-electron chi connectivity index (χ1n) is 9.59. The number of aromatic nitrogens is 5. The van der Waals surface area contributed by atoms with E-state index in [9.17, 15) is 4.79 Å². The van der Waals surface area contributed by atoms with Crippen molar-refractivity contribution in [1.29, 1.82) is 0 Å². The molecule has 5 rings (SSSR count). The standard InChI is InChI=1S/C23H17ClN6O.2ClH/c1-14-6-7-25-21(8-14)29-23(31)18-4-2-15(9-19(18)24)20-12-26-22-5-3-16(13-30(20)22)17-10-27-28-11-17;;/h2-13H,1H3,(H,27,28)(H,25,29,31);2*1H. The van der Waals surface area contributed by atoms with Gasteiger partial charge in [0.25, 0.3) is 5.91 Å². The average Bonchev–Trinajstić information content (AvgIpc) is 3.43. The summed E-state index contributed by atoms with van der Waals surface area (Å²) >= 11 is 6.48. The predicted octanol–water partition coefficient (Wildman–Crippen LogP) is 5.84. The Balaban J connectivity index is 0.00000153. The van der Waals surface area contributed by atoms with Gasteiger partial charge in [0.15, 0.2) is 0 Å². The lowest BCUT2D eigenvalue weighted by Gasteiger charge is -2.09. The van der Waals surface area contributed by atoms with Crippen LogP contribution in [-0.2, 0) is 0 Å². The van der Waals surface area contributed by atoms with Crippen molar-refractivity contribution < 1.29 is 4.79 Å². The molecule has 2 N–H and O–H groups in total. The van der Waals surface area contributed by atoms with E-state index in [1.165, 1.54) is 0 Å². The lowest BCUT2D eigenvalue weighted by Crippen LogP contribution is -2.13.